The molecule has 0 saturated carbocycles. The Morgan fingerprint density at radius 2 is 2.23 bits per heavy atom. The van der Waals surface area contributed by atoms with E-state index in [-0.39, 0.29) is 0 Å². The van der Waals surface area contributed by atoms with E-state index < -0.39 is 7.32 Å². The fraction of sp³-hybridized carbons (Fsp3) is 0. The van der Waals surface area contributed by atoms with E-state index in [9.17, 15) is 0 Å². The summed E-state index contributed by atoms with van der Waals surface area (Å²) in [5.74, 6) is 0.329. The van der Waals surface area contributed by atoms with Crippen LogP contribution in [0.2, 0.25) is 0 Å². The molecule has 0 bridgehead atoms. The van der Waals surface area contributed by atoms with Crippen LogP contribution >= 0.6 is 11.3 Å². The second kappa shape index (κ2) is 3.29. The highest BCUT2D eigenvalue weighted by molar-refractivity contribution is 7.17. The normalized spacial score (nSPS) is 10.3. The Morgan fingerprint density at radius 3 is 3.00 bits per heavy atom. The molecule has 0 amide bonds. The van der Waals surface area contributed by atoms with Crippen LogP contribution in [0.1, 0.15) is 0 Å². The molecular formula is C6H5BN2O3S. The number of pyridine rings is 1. The van der Waals surface area contributed by atoms with Gasteiger partial charge in [0.1, 0.15) is 11.3 Å². The first-order valence-corrected chi connectivity index (χ1v) is 4.35. The molecule has 66 valence electrons. The molecule has 0 aromatic carbocycles. The van der Waals surface area contributed by atoms with Crippen LogP contribution in [-0.4, -0.2) is 27.3 Å². The molecule has 0 aliphatic rings. The molecule has 2 aromatic heterocycles. The number of fused-ring (bicyclic) bond motifs is 1. The van der Waals surface area contributed by atoms with Crippen LogP contribution in [0.15, 0.2) is 17.9 Å². The van der Waals surface area contributed by atoms with Gasteiger partial charge in [-0.1, -0.05) is 0 Å². The molecule has 2 rings (SSSR count). The highest BCUT2D eigenvalue weighted by Gasteiger charge is 2.14. The van der Waals surface area contributed by atoms with Crippen LogP contribution in [0.25, 0.3) is 10.2 Å². The molecule has 0 aliphatic heterocycles. The van der Waals surface area contributed by atoms with Gasteiger partial charge < -0.3 is 14.7 Å². The standard InChI is InChI=1S/C6H5BN2O3S/c10-7(11)12-5-2-8-1-4-6(5)13-3-9-4/h1-3,10-11H. The summed E-state index contributed by atoms with van der Waals surface area (Å²) in [6.07, 6.45) is 3.00. The Balaban J connectivity index is 2.48. The monoisotopic (exact) mass is 196 g/mol. The molecule has 2 N–H and O–H groups in total. The van der Waals surface area contributed by atoms with E-state index in [0.29, 0.717) is 11.3 Å². The van der Waals surface area contributed by atoms with E-state index in [0.717, 1.165) is 4.70 Å². The van der Waals surface area contributed by atoms with Crippen LogP contribution in [0.4, 0.5) is 0 Å². The van der Waals surface area contributed by atoms with Gasteiger partial charge in [-0.2, -0.15) is 0 Å². The van der Waals surface area contributed by atoms with E-state index in [1.54, 1.807) is 11.7 Å². The molecule has 0 saturated heterocycles. The number of hydrogen-bond acceptors (Lipinski definition) is 6. The fourth-order valence-electron chi connectivity index (χ4n) is 0.963. The first-order valence-electron chi connectivity index (χ1n) is 3.47. The second-order valence-corrected chi connectivity index (χ2v) is 3.14. The molecule has 2 aromatic rings. The lowest BCUT2D eigenvalue weighted by atomic mass is 10.2. The summed E-state index contributed by atoms with van der Waals surface area (Å²) in [6, 6.07) is 0. The van der Waals surface area contributed by atoms with Crippen molar-refractivity contribution < 1.29 is 14.7 Å². The molecule has 0 atom stereocenters. The molecule has 7 heteroatoms. The first-order chi connectivity index (χ1) is 6.27. The van der Waals surface area contributed by atoms with E-state index in [1.165, 1.54) is 17.5 Å². The third-order valence-electron chi connectivity index (χ3n) is 1.44. The predicted molar refractivity (Wildman–Crippen MR) is 48.2 cm³/mol. The van der Waals surface area contributed by atoms with Gasteiger partial charge in [0.2, 0.25) is 0 Å². The summed E-state index contributed by atoms with van der Waals surface area (Å²) in [4.78, 5) is 7.83. The Kier molecular flexibility index (Phi) is 2.13. The number of rotatable bonds is 2. The van der Waals surface area contributed by atoms with Crippen molar-refractivity contribution in [2.75, 3.05) is 0 Å². The van der Waals surface area contributed by atoms with E-state index >= 15 is 0 Å². The predicted octanol–water partition coefficient (Wildman–Crippen LogP) is 0.0396. The summed E-state index contributed by atoms with van der Waals surface area (Å²) < 4.78 is 5.46. The van der Waals surface area contributed by atoms with Gasteiger partial charge in [-0.25, -0.2) is 4.98 Å². The molecule has 0 spiro atoms. The fourth-order valence-corrected chi connectivity index (χ4v) is 1.68. The van der Waals surface area contributed by atoms with Crippen LogP contribution in [0.5, 0.6) is 5.75 Å². The summed E-state index contributed by atoms with van der Waals surface area (Å²) in [7, 11) is -1.82. The van der Waals surface area contributed by atoms with Crippen molar-refractivity contribution in [3.63, 3.8) is 0 Å². The van der Waals surface area contributed by atoms with E-state index in [1.807, 2.05) is 0 Å². The third-order valence-corrected chi connectivity index (χ3v) is 2.30. The summed E-state index contributed by atoms with van der Waals surface area (Å²) in [5.41, 5.74) is 2.33. The molecule has 2 heterocycles. The molecule has 5 nitrogen and oxygen atoms in total. The minimum Gasteiger partial charge on any atom is -0.509 e. The van der Waals surface area contributed by atoms with Gasteiger partial charge in [0.05, 0.1) is 22.6 Å². The average Bonchev–Trinajstić information content (AvgIpc) is 2.51. The lowest BCUT2D eigenvalue weighted by Crippen LogP contribution is -2.20. The van der Waals surface area contributed by atoms with Gasteiger partial charge in [0.25, 0.3) is 0 Å². The van der Waals surface area contributed by atoms with Crippen LogP contribution in [0, 0.1) is 0 Å². The number of nitrogens with zero attached hydrogens (tertiary/aromatic N) is 2. The minimum atomic E-state index is -1.82. The van der Waals surface area contributed by atoms with Crippen molar-refractivity contribution in [1.82, 2.24) is 9.97 Å². The van der Waals surface area contributed by atoms with Gasteiger partial charge in [0.15, 0.2) is 0 Å². The van der Waals surface area contributed by atoms with Gasteiger partial charge in [-0.3, -0.25) is 4.98 Å². The van der Waals surface area contributed by atoms with Gasteiger partial charge >= 0.3 is 7.32 Å². The van der Waals surface area contributed by atoms with Gasteiger partial charge in [-0.05, 0) is 0 Å². The molecular weight excluding hydrogens is 191 g/mol. The quantitative estimate of drug-likeness (QED) is 0.663. The topological polar surface area (TPSA) is 75.5 Å². The van der Waals surface area contributed by atoms with E-state index in [4.69, 9.17) is 14.7 Å². The van der Waals surface area contributed by atoms with Crippen LogP contribution in [-0.2, 0) is 0 Å². The molecule has 0 radical (unpaired) electrons. The lowest BCUT2D eigenvalue weighted by molar-refractivity contribution is 0.289. The maximum atomic E-state index is 8.59. The zero-order valence-electron chi connectivity index (χ0n) is 6.41. The number of hydrogen-bond donors (Lipinski definition) is 2. The summed E-state index contributed by atoms with van der Waals surface area (Å²) in [6.45, 7) is 0. The lowest BCUT2D eigenvalue weighted by Gasteiger charge is -2.03. The minimum absolute atomic E-state index is 0.329. The Bertz CT molecular complexity index is 419. The first kappa shape index (κ1) is 8.42. The SMILES string of the molecule is OB(O)Oc1cncc2ncsc12. The van der Waals surface area contributed by atoms with Crippen molar-refractivity contribution >= 4 is 28.9 Å². The maximum absolute atomic E-state index is 8.59. The highest BCUT2D eigenvalue weighted by atomic mass is 32.1. The zero-order valence-corrected chi connectivity index (χ0v) is 7.23. The van der Waals surface area contributed by atoms with Crippen molar-refractivity contribution in [2.45, 2.75) is 0 Å². The summed E-state index contributed by atoms with van der Waals surface area (Å²) >= 11 is 1.36. The van der Waals surface area contributed by atoms with Crippen LogP contribution in [0.3, 0.4) is 0 Å². The highest BCUT2D eigenvalue weighted by Crippen LogP contribution is 2.27. The van der Waals surface area contributed by atoms with Crippen molar-refractivity contribution in [3.8, 4) is 5.75 Å². The number of aromatic nitrogens is 2. The molecule has 0 aliphatic carbocycles. The zero-order chi connectivity index (χ0) is 9.26. The van der Waals surface area contributed by atoms with Gasteiger partial charge in [0, 0.05) is 0 Å². The number of thiazole rings is 1. The third kappa shape index (κ3) is 1.62. The summed E-state index contributed by atoms with van der Waals surface area (Å²) in [5, 5.41) is 17.2. The van der Waals surface area contributed by atoms with E-state index in [2.05, 4.69) is 9.97 Å². The molecule has 13 heavy (non-hydrogen) atoms. The van der Waals surface area contributed by atoms with Crippen LogP contribution < -0.4 is 4.65 Å². The van der Waals surface area contributed by atoms with Crippen molar-refractivity contribution in [2.24, 2.45) is 0 Å². The Labute approximate surface area is 77.8 Å². The Morgan fingerprint density at radius 1 is 1.38 bits per heavy atom. The second-order valence-electron chi connectivity index (χ2n) is 2.28. The molecule has 0 fully saturated rings. The maximum Gasteiger partial charge on any atom is 0.707 e. The smallest absolute Gasteiger partial charge is 0.509 e. The molecule has 0 unspecified atom stereocenters. The van der Waals surface area contributed by atoms with Gasteiger partial charge in [-0.15, -0.1) is 11.3 Å². The average molecular weight is 196 g/mol. The van der Waals surface area contributed by atoms with Crippen molar-refractivity contribution in [3.05, 3.63) is 17.9 Å². The van der Waals surface area contributed by atoms with Crippen molar-refractivity contribution in [1.29, 1.82) is 0 Å². The Hall–Kier alpha value is -1.18. The largest absolute Gasteiger partial charge is 0.707 e.